The van der Waals surface area contributed by atoms with E-state index in [2.05, 4.69) is 15.6 Å². The van der Waals surface area contributed by atoms with E-state index in [-0.39, 0.29) is 17.4 Å². The van der Waals surface area contributed by atoms with Crippen molar-refractivity contribution in [3.05, 3.63) is 74.8 Å². The number of H-pyrrole nitrogens is 1. The number of amides is 2. The number of nitrogens with one attached hydrogen (secondary N) is 3. The lowest BCUT2D eigenvalue weighted by atomic mass is 10.1. The zero-order chi connectivity index (χ0) is 22.2. The third-order valence-corrected chi connectivity index (χ3v) is 5.43. The van der Waals surface area contributed by atoms with E-state index in [0.29, 0.717) is 35.2 Å². The Hall–Kier alpha value is -3.26. The van der Waals surface area contributed by atoms with Crippen molar-refractivity contribution in [1.29, 1.82) is 0 Å². The molecule has 8 heteroatoms. The van der Waals surface area contributed by atoms with E-state index in [1.54, 1.807) is 29.8 Å². The van der Waals surface area contributed by atoms with Crippen LogP contribution in [0.1, 0.15) is 41.6 Å². The number of para-hydroxylation sites is 1. The summed E-state index contributed by atoms with van der Waals surface area (Å²) in [5.41, 5.74) is 2.18. The van der Waals surface area contributed by atoms with Crippen molar-refractivity contribution in [2.75, 3.05) is 7.05 Å². The lowest BCUT2D eigenvalue weighted by Crippen LogP contribution is -2.23. The first-order chi connectivity index (χ1) is 15.0. The second-order valence-electron chi connectivity index (χ2n) is 7.30. The number of carbonyl (C=O) groups is 2. The van der Waals surface area contributed by atoms with Gasteiger partial charge in [-0.2, -0.15) is 0 Å². The van der Waals surface area contributed by atoms with Crippen molar-refractivity contribution in [1.82, 2.24) is 20.2 Å². The zero-order valence-electron chi connectivity index (χ0n) is 17.4. The minimum Gasteiger partial charge on any atom is -0.355 e. The summed E-state index contributed by atoms with van der Waals surface area (Å²) in [6.07, 6.45) is 2.75. The second kappa shape index (κ2) is 10.7. The Morgan fingerprint density at radius 1 is 1.03 bits per heavy atom. The average Bonchev–Trinajstić information content (AvgIpc) is 2.79. The first kappa shape index (κ1) is 22.4. The second-order valence-corrected chi connectivity index (χ2v) is 7.68. The third kappa shape index (κ3) is 5.88. The van der Waals surface area contributed by atoms with Gasteiger partial charge in [-0.3, -0.25) is 19.0 Å². The molecule has 3 N–H and O–H groups in total. The van der Waals surface area contributed by atoms with Gasteiger partial charge in [-0.05, 0) is 54.9 Å². The standard InChI is InChI=1S/C23H26N4O3S/c1-24-21(29)17-12-10-16(11-13-17)15-25-20(28)9-3-2-6-14-27-22(30)18-7-4-5-8-19(18)26-23(27)31/h4-5,7-8,10-13H,2-3,6,9,14-15H2,1H3,(H,24,29)(H,25,28)(H,26,31). The van der Waals surface area contributed by atoms with E-state index >= 15 is 0 Å². The van der Waals surface area contributed by atoms with Crippen LogP contribution in [0.3, 0.4) is 0 Å². The van der Waals surface area contributed by atoms with E-state index < -0.39 is 0 Å². The van der Waals surface area contributed by atoms with Gasteiger partial charge in [-0.25, -0.2) is 0 Å². The zero-order valence-corrected chi connectivity index (χ0v) is 18.3. The van der Waals surface area contributed by atoms with Gasteiger partial charge in [0.15, 0.2) is 4.77 Å². The van der Waals surface area contributed by atoms with Crippen LogP contribution in [0.25, 0.3) is 10.9 Å². The van der Waals surface area contributed by atoms with Crippen LogP contribution in [0.5, 0.6) is 0 Å². The Kier molecular flexibility index (Phi) is 7.72. The van der Waals surface area contributed by atoms with E-state index in [0.717, 1.165) is 30.3 Å². The predicted octanol–water partition coefficient (Wildman–Crippen LogP) is 3.30. The summed E-state index contributed by atoms with van der Waals surface area (Å²) < 4.78 is 2.00. The van der Waals surface area contributed by atoms with Crippen LogP contribution < -0.4 is 16.2 Å². The molecule has 0 aliphatic carbocycles. The van der Waals surface area contributed by atoms with Gasteiger partial charge in [0.2, 0.25) is 5.91 Å². The molecule has 0 atom stereocenters. The molecule has 0 saturated carbocycles. The number of fused-ring (bicyclic) bond motifs is 1. The molecule has 0 aliphatic rings. The number of benzene rings is 2. The average molecular weight is 439 g/mol. The van der Waals surface area contributed by atoms with Crippen LogP contribution in [0, 0.1) is 4.77 Å². The van der Waals surface area contributed by atoms with Crippen LogP contribution in [-0.4, -0.2) is 28.4 Å². The molecule has 0 radical (unpaired) electrons. The maximum atomic E-state index is 12.6. The van der Waals surface area contributed by atoms with Gasteiger partial charge in [0.05, 0.1) is 10.9 Å². The van der Waals surface area contributed by atoms with Gasteiger partial charge in [-0.15, -0.1) is 0 Å². The first-order valence-electron chi connectivity index (χ1n) is 10.3. The molecule has 0 saturated heterocycles. The molecular weight excluding hydrogens is 412 g/mol. The molecule has 0 fully saturated rings. The van der Waals surface area contributed by atoms with E-state index in [1.807, 2.05) is 30.3 Å². The SMILES string of the molecule is CNC(=O)c1ccc(CNC(=O)CCCCCn2c(=S)[nH]c3ccccc3c2=O)cc1. The Bertz CT molecular complexity index is 1180. The molecule has 162 valence electrons. The number of carbonyl (C=O) groups excluding carboxylic acids is 2. The largest absolute Gasteiger partial charge is 0.355 e. The maximum absolute atomic E-state index is 12.6. The Morgan fingerprint density at radius 3 is 2.52 bits per heavy atom. The van der Waals surface area contributed by atoms with Gasteiger partial charge in [0.25, 0.3) is 11.5 Å². The minimum absolute atomic E-state index is 0.0180. The Labute approximate surface area is 185 Å². The third-order valence-electron chi connectivity index (χ3n) is 5.11. The summed E-state index contributed by atoms with van der Waals surface area (Å²) in [5.74, 6) is -0.155. The molecule has 1 aromatic heterocycles. The Balaban J connectivity index is 1.41. The first-order valence-corrected chi connectivity index (χ1v) is 10.7. The van der Waals surface area contributed by atoms with Gasteiger partial charge in [0, 0.05) is 32.1 Å². The van der Waals surface area contributed by atoms with Gasteiger partial charge < -0.3 is 15.6 Å². The molecule has 0 spiro atoms. The van der Waals surface area contributed by atoms with Gasteiger partial charge >= 0.3 is 0 Å². The molecule has 0 aliphatic heterocycles. The Morgan fingerprint density at radius 2 is 1.77 bits per heavy atom. The summed E-state index contributed by atoms with van der Waals surface area (Å²) in [6.45, 7) is 0.951. The normalized spacial score (nSPS) is 10.7. The van der Waals surface area contributed by atoms with Crippen LogP contribution in [0.15, 0.2) is 53.3 Å². The van der Waals surface area contributed by atoms with Crippen LogP contribution in [-0.2, 0) is 17.9 Å². The van der Waals surface area contributed by atoms with Crippen molar-refractivity contribution >= 4 is 34.9 Å². The molecule has 2 aromatic carbocycles. The summed E-state index contributed by atoms with van der Waals surface area (Å²) in [5, 5.41) is 6.09. The van der Waals surface area contributed by atoms with Crippen molar-refractivity contribution in [3.63, 3.8) is 0 Å². The van der Waals surface area contributed by atoms with E-state index in [4.69, 9.17) is 12.2 Å². The van der Waals surface area contributed by atoms with Crippen molar-refractivity contribution in [3.8, 4) is 0 Å². The number of hydrogen-bond acceptors (Lipinski definition) is 4. The highest BCUT2D eigenvalue weighted by molar-refractivity contribution is 7.71. The number of unbranched alkanes of at least 4 members (excludes halogenated alkanes) is 2. The highest BCUT2D eigenvalue weighted by atomic mass is 32.1. The maximum Gasteiger partial charge on any atom is 0.262 e. The van der Waals surface area contributed by atoms with Crippen LogP contribution in [0.4, 0.5) is 0 Å². The molecule has 31 heavy (non-hydrogen) atoms. The molecule has 7 nitrogen and oxygen atoms in total. The highest BCUT2D eigenvalue weighted by Gasteiger charge is 2.06. The monoisotopic (exact) mass is 438 g/mol. The molecule has 2 amide bonds. The smallest absolute Gasteiger partial charge is 0.262 e. The number of hydrogen-bond donors (Lipinski definition) is 3. The summed E-state index contributed by atoms with van der Waals surface area (Å²) in [4.78, 5) is 39.3. The lowest BCUT2D eigenvalue weighted by Gasteiger charge is -2.08. The van der Waals surface area contributed by atoms with Crippen LogP contribution >= 0.6 is 12.2 Å². The fourth-order valence-electron chi connectivity index (χ4n) is 3.34. The number of aromatic nitrogens is 2. The lowest BCUT2D eigenvalue weighted by molar-refractivity contribution is -0.121. The van der Waals surface area contributed by atoms with Crippen molar-refractivity contribution in [2.24, 2.45) is 0 Å². The highest BCUT2D eigenvalue weighted by Crippen LogP contribution is 2.08. The fourth-order valence-corrected chi connectivity index (χ4v) is 3.63. The van der Waals surface area contributed by atoms with E-state index in [9.17, 15) is 14.4 Å². The molecule has 0 unspecified atom stereocenters. The summed E-state index contributed by atoms with van der Waals surface area (Å²) in [6, 6.07) is 14.5. The quantitative estimate of drug-likeness (QED) is 0.353. The predicted molar refractivity (Wildman–Crippen MR) is 124 cm³/mol. The summed E-state index contributed by atoms with van der Waals surface area (Å²) in [7, 11) is 1.59. The molecular formula is C23H26N4O3S. The topological polar surface area (TPSA) is 96.0 Å². The van der Waals surface area contributed by atoms with Crippen molar-refractivity contribution in [2.45, 2.75) is 38.8 Å². The molecule has 1 heterocycles. The molecule has 3 rings (SSSR count). The van der Waals surface area contributed by atoms with Gasteiger partial charge in [-0.1, -0.05) is 30.7 Å². The number of rotatable bonds is 9. The summed E-state index contributed by atoms with van der Waals surface area (Å²) >= 11 is 5.32. The van der Waals surface area contributed by atoms with E-state index in [1.165, 1.54) is 0 Å². The molecule has 0 bridgehead atoms. The van der Waals surface area contributed by atoms with Crippen molar-refractivity contribution < 1.29 is 9.59 Å². The minimum atomic E-state index is -0.136. The van der Waals surface area contributed by atoms with Gasteiger partial charge in [0.1, 0.15) is 0 Å². The number of aromatic amines is 1. The molecule has 3 aromatic rings. The fraction of sp³-hybridized carbons (Fsp3) is 0.304. The van der Waals surface area contributed by atoms with Crippen LogP contribution in [0.2, 0.25) is 0 Å². The number of nitrogens with zero attached hydrogens (tertiary/aromatic N) is 1.